The molecule has 2 aliphatic heterocycles. The SMILES string of the molecule is CCN(CC)c1ccc(N2CCN(C(=O)C3CC(=O)N(c4ccc(C)c(C)c4)C3)CC2)nn1. The van der Waals surface area contributed by atoms with Gasteiger partial charge in [-0.15, -0.1) is 10.2 Å². The van der Waals surface area contributed by atoms with Crippen molar-refractivity contribution in [2.75, 3.05) is 60.5 Å². The fourth-order valence-corrected chi connectivity index (χ4v) is 4.63. The molecule has 0 spiro atoms. The molecule has 0 N–H and O–H groups in total. The Balaban J connectivity index is 1.34. The van der Waals surface area contributed by atoms with Gasteiger partial charge in [0.25, 0.3) is 0 Å². The molecule has 1 aromatic heterocycles. The Kier molecular flexibility index (Phi) is 6.81. The van der Waals surface area contributed by atoms with Gasteiger partial charge in [-0.2, -0.15) is 0 Å². The van der Waals surface area contributed by atoms with Gasteiger partial charge < -0.3 is 19.6 Å². The molecule has 33 heavy (non-hydrogen) atoms. The molecule has 0 bridgehead atoms. The maximum absolute atomic E-state index is 13.2. The van der Waals surface area contributed by atoms with E-state index in [0.29, 0.717) is 32.7 Å². The predicted molar refractivity (Wildman–Crippen MR) is 131 cm³/mol. The summed E-state index contributed by atoms with van der Waals surface area (Å²) < 4.78 is 0. The van der Waals surface area contributed by atoms with Crippen LogP contribution >= 0.6 is 0 Å². The molecule has 1 aromatic carbocycles. The van der Waals surface area contributed by atoms with Gasteiger partial charge in [0, 0.05) is 57.9 Å². The molecule has 1 atom stereocenters. The Morgan fingerprint density at radius 3 is 2.33 bits per heavy atom. The number of anilines is 3. The first-order chi connectivity index (χ1) is 15.9. The summed E-state index contributed by atoms with van der Waals surface area (Å²) >= 11 is 0. The number of amides is 2. The summed E-state index contributed by atoms with van der Waals surface area (Å²) in [4.78, 5) is 33.8. The number of hydrogen-bond acceptors (Lipinski definition) is 6. The van der Waals surface area contributed by atoms with E-state index in [-0.39, 0.29) is 24.2 Å². The molecular formula is C25H34N6O2. The zero-order valence-corrected chi connectivity index (χ0v) is 20.1. The van der Waals surface area contributed by atoms with Crippen LogP contribution in [0.5, 0.6) is 0 Å². The lowest BCUT2D eigenvalue weighted by atomic mass is 10.1. The first-order valence-corrected chi connectivity index (χ1v) is 11.9. The van der Waals surface area contributed by atoms with E-state index in [0.717, 1.165) is 36.0 Å². The van der Waals surface area contributed by atoms with E-state index in [4.69, 9.17) is 0 Å². The predicted octanol–water partition coefficient (Wildman–Crippen LogP) is 2.64. The van der Waals surface area contributed by atoms with Crippen LogP contribution < -0.4 is 14.7 Å². The van der Waals surface area contributed by atoms with Gasteiger partial charge in [-0.1, -0.05) is 6.07 Å². The van der Waals surface area contributed by atoms with Crippen LogP contribution in [0.25, 0.3) is 0 Å². The number of aromatic nitrogens is 2. The van der Waals surface area contributed by atoms with E-state index in [2.05, 4.69) is 40.8 Å². The lowest BCUT2D eigenvalue weighted by Gasteiger charge is -2.36. The third kappa shape index (κ3) is 4.79. The van der Waals surface area contributed by atoms with Gasteiger partial charge in [-0.25, -0.2) is 0 Å². The zero-order chi connectivity index (χ0) is 23.5. The Hall–Kier alpha value is -3.16. The maximum atomic E-state index is 13.2. The lowest BCUT2D eigenvalue weighted by molar-refractivity contribution is -0.136. The first-order valence-electron chi connectivity index (χ1n) is 11.9. The van der Waals surface area contributed by atoms with Gasteiger partial charge in [0.1, 0.15) is 0 Å². The Labute approximate surface area is 196 Å². The summed E-state index contributed by atoms with van der Waals surface area (Å²) in [5, 5.41) is 8.79. The largest absolute Gasteiger partial charge is 0.356 e. The molecule has 0 radical (unpaired) electrons. The van der Waals surface area contributed by atoms with Crippen LogP contribution in [0.15, 0.2) is 30.3 Å². The van der Waals surface area contributed by atoms with Gasteiger partial charge in [0.05, 0.1) is 5.92 Å². The third-order valence-electron chi connectivity index (χ3n) is 6.92. The van der Waals surface area contributed by atoms with Crippen LogP contribution in [0.4, 0.5) is 17.3 Å². The molecule has 3 heterocycles. The van der Waals surface area contributed by atoms with Crippen molar-refractivity contribution >= 4 is 29.1 Å². The second-order valence-electron chi connectivity index (χ2n) is 8.91. The number of carbonyl (C=O) groups is 2. The smallest absolute Gasteiger partial charge is 0.228 e. The van der Waals surface area contributed by atoms with Crippen molar-refractivity contribution in [2.24, 2.45) is 5.92 Å². The molecule has 2 aromatic rings. The second kappa shape index (κ2) is 9.77. The van der Waals surface area contributed by atoms with Crippen LogP contribution in [0, 0.1) is 19.8 Å². The molecular weight excluding hydrogens is 416 g/mol. The van der Waals surface area contributed by atoms with Crippen molar-refractivity contribution in [3.8, 4) is 0 Å². The lowest BCUT2D eigenvalue weighted by Crippen LogP contribution is -2.51. The van der Waals surface area contributed by atoms with Crippen LogP contribution in [0.2, 0.25) is 0 Å². The number of nitrogens with zero attached hydrogens (tertiary/aromatic N) is 6. The van der Waals surface area contributed by atoms with E-state index in [1.807, 2.05) is 42.2 Å². The molecule has 2 aliphatic rings. The first kappa shape index (κ1) is 23.0. The average Bonchev–Trinajstić information content (AvgIpc) is 3.23. The van der Waals surface area contributed by atoms with E-state index >= 15 is 0 Å². The highest BCUT2D eigenvalue weighted by Gasteiger charge is 2.38. The van der Waals surface area contributed by atoms with Crippen LogP contribution in [-0.4, -0.2) is 72.7 Å². The number of piperazine rings is 1. The van der Waals surface area contributed by atoms with Crippen LogP contribution in [-0.2, 0) is 9.59 Å². The Bertz CT molecular complexity index is 996. The van der Waals surface area contributed by atoms with Crippen LogP contribution in [0.1, 0.15) is 31.4 Å². The van der Waals surface area contributed by atoms with E-state index in [9.17, 15) is 9.59 Å². The summed E-state index contributed by atoms with van der Waals surface area (Å²) in [6.45, 7) is 13.3. The zero-order valence-electron chi connectivity index (χ0n) is 20.1. The number of rotatable bonds is 6. The van der Waals surface area contributed by atoms with E-state index < -0.39 is 0 Å². The van der Waals surface area contributed by atoms with Gasteiger partial charge in [0.15, 0.2) is 11.6 Å². The van der Waals surface area contributed by atoms with Crippen molar-refractivity contribution in [1.29, 1.82) is 0 Å². The number of benzene rings is 1. The average molecular weight is 451 g/mol. The Morgan fingerprint density at radius 2 is 1.73 bits per heavy atom. The standard InChI is InChI=1S/C25H34N6O2/c1-5-28(6-2)22-9-10-23(27-26-22)29-11-13-30(14-12-29)25(33)20-16-24(32)31(17-20)21-8-7-18(3)19(4)15-21/h7-10,15,20H,5-6,11-14,16-17H2,1-4H3. The maximum Gasteiger partial charge on any atom is 0.228 e. The van der Waals surface area contributed by atoms with E-state index in [1.165, 1.54) is 5.56 Å². The van der Waals surface area contributed by atoms with Crippen molar-refractivity contribution in [2.45, 2.75) is 34.1 Å². The normalized spacial score (nSPS) is 18.7. The van der Waals surface area contributed by atoms with Crippen molar-refractivity contribution < 1.29 is 9.59 Å². The fourth-order valence-electron chi connectivity index (χ4n) is 4.63. The molecule has 2 saturated heterocycles. The van der Waals surface area contributed by atoms with Crippen molar-refractivity contribution in [3.63, 3.8) is 0 Å². The number of hydrogen-bond donors (Lipinski definition) is 0. The van der Waals surface area contributed by atoms with Gasteiger partial charge in [0.2, 0.25) is 11.8 Å². The summed E-state index contributed by atoms with van der Waals surface area (Å²) in [6.07, 6.45) is 0.282. The highest BCUT2D eigenvalue weighted by atomic mass is 16.2. The van der Waals surface area contributed by atoms with Crippen LogP contribution in [0.3, 0.4) is 0 Å². The van der Waals surface area contributed by atoms with Crippen molar-refractivity contribution in [3.05, 3.63) is 41.5 Å². The summed E-state index contributed by atoms with van der Waals surface area (Å²) in [6, 6.07) is 10.1. The van der Waals surface area contributed by atoms with E-state index in [1.54, 1.807) is 4.90 Å². The second-order valence-corrected chi connectivity index (χ2v) is 8.91. The minimum atomic E-state index is -0.279. The molecule has 2 amide bonds. The fraction of sp³-hybridized carbons (Fsp3) is 0.520. The molecule has 0 saturated carbocycles. The monoisotopic (exact) mass is 450 g/mol. The number of aryl methyl sites for hydroxylation is 2. The Morgan fingerprint density at radius 1 is 1.00 bits per heavy atom. The number of carbonyl (C=O) groups excluding carboxylic acids is 2. The minimum absolute atomic E-state index is 0.0267. The molecule has 8 nitrogen and oxygen atoms in total. The summed E-state index contributed by atoms with van der Waals surface area (Å²) in [5.74, 6) is 1.56. The molecule has 1 unspecified atom stereocenters. The van der Waals surface area contributed by atoms with Gasteiger partial charge >= 0.3 is 0 Å². The molecule has 0 aliphatic carbocycles. The topological polar surface area (TPSA) is 72.9 Å². The minimum Gasteiger partial charge on any atom is -0.356 e. The molecule has 2 fully saturated rings. The molecule has 8 heteroatoms. The summed E-state index contributed by atoms with van der Waals surface area (Å²) in [7, 11) is 0. The highest BCUT2D eigenvalue weighted by Crippen LogP contribution is 2.28. The van der Waals surface area contributed by atoms with Gasteiger partial charge in [-0.3, -0.25) is 9.59 Å². The van der Waals surface area contributed by atoms with Crippen molar-refractivity contribution in [1.82, 2.24) is 15.1 Å². The molecule has 4 rings (SSSR count). The highest BCUT2D eigenvalue weighted by molar-refractivity contribution is 6.00. The quantitative estimate of drug-likeness (QED) is 0.674. The third-order valence-corrected chi connectivity index (χ3v) is 6.92. The van der Waals surface area contributed by atoms with Gasteiger partial charge in [-0.05, 0) is 63.1 Å². The summed E-state index contributed by atoms with van der Waals surface area (Å²) in [5.41, 5.74) is 3.23. The molecule has 176 valence electrons.